The maximum atomic E-state index is 11.3. The Balaban J connectivity index is 2.00. The average molecular weight is 372 g/mol. The number of hydrogen-bond acceptors (Lipinski definition) is 7. The van der Waals surface area contributed by atoms with Gasteiger partial charge in [0.25, 0.3) is 5.69 Å². The maximum Gasteiger partial charge on any atom is 0.313 e. The van der Waals surface area contributed by atoms with Gasteiger partial charge in [-0.15, -0.1) is 5.10 Å². The minimum atomic E-state index is -0.994. The third-order valence-corrected chi connectivity index (χ3v) is 4.22. The van der Waals surface area contributed by atoms with Gasteiger partial charge in [0, 0.05) is 17.7 Å². The first-order valence-corrected chi connectivity index (χ1v) is 8.27. The van der Waals surface area contributed by atoms with Crippen LogP contribution in [0.15, 0.2) is 47.6 Å². The van der Waals surface area contributed by atoms with Gasteiger partial charge in [0.05, 0.1) is 10.7 Å². The molecule has 3 aromatic rings. The number of nitro benzene ring substituents is 1. The first kappa shape index (κ1) is 17.4. The summed E-state index contributed by atoms with van der Waals surface area (Å²) in [6, 6.07) is 10.7. The summed E-state index contributed by atoms with van der Waals surface area (Å²) in [5, 5.41) is 36.2. The Morgan fingerprint density at radius 3 is 2.50 bits per heavy atom. The van der Waals surface area contributed by atoms with Gasteiger partial charge in [-0.3, -0.25) is 20.0 Å². The van der Waals surface area contributed by atoms with Gasteiger partial charge in [0.2, 0.25) is 5.16 Å². The fraction of sp³-hybridized carbons (Fsp3) is 0.0625. The Morgan fingerprint density at radius 2 is 1.85 bits per heavy atom. The smallest absolute Gasteiger partial charge is 0.313 e. The number of carboxylic acids is 1. The van der Waals surface area contributed by atoms with Crippen molar-refractivity contribution in [2.24, 2.45) is 0 Å². The SMILES string of the molecule is O=C(O)CSc1n[nH]c(-c2cc(-c3ccc(O)cc3)cc([N+](=O)[O-])c2)n1. The number of non-ortho nitro benzene ring substituents is 1. The number of nitrogens with one attached hydrogen (secondary N) is 1. The van der Waals surface area contributed by atoms with Crippen LogP contribution >= 0.6 is 11.8 Å². The standard InChI is InChI=1S/C16H12N4O5S/c21-13-3-1-9(2-4-13)10-5-11(7-12(6-10)20(24)25)15-17-16(19-18-15)26-8-14(22)23/h1-7,21H,8H2,(H,22,23)(H,17,18,19). The van der Waals surface area contributed by atoms with Crippen LogP contribution in [0.25, 0.3) is 22.5 Å². The Labute approximate surface area is 150 Å². The number of phenolic OH excluding ortho intramolecular Hbond substituents is 1. The summed E-state index contributed by atoms with van der Waals surface area (Å²) in [7, 11) is 0. The molecule has 0 unspecified atom stereocenters. The van der Waals surface area contributed by atoms with E-state index in [1.165, 1.54) is 24.3 Å². The molecule has 0 bridgehead atoms. The lowest BCUT2D eigenvalue weighted by Crippen LogP contribution is -1.97. The monoisotopic (exact) mass is 372 g/mol. The molecule has 26 heavy (non-hydrogen) atoms. The lowest BCUT2D eigenvalue weighted by Gasteiger charge is -2.05. The number of thioether (sulfide) groups is 1. The van der Waals surface area contributed by atoms with Gasteiger partial charge in [-0.2, -0.15) is 0 Å². The highest BCUT2D eigenvalue weighted by Crippen LogP contribution is 2.31. The summed E-state index contributed by atoms with van der Waals surface area (Å²) < 4.78 is 0. The highest BCUT2D eigenvalue weighted by atomic mass is 32.2. The Hall–Kier alpha value is -3.40. The van der Waals surface area contributed by atoms with E-state index >= 15 is 0 Å². The predicted molar refractivity (Wildman–Crippen MR) is 93.9 cm³/mol. The Kier molecular flexibility index (Phi) is 4.85. The van der Waals surface area contributed by atoms with Crippen LogP contribution in [0.1, 0.15) is 0 Å². The number of aromatic amines is 1. The zero-order chi connectivity index (χ0) is 18.7. The molecule has 3 N–H and O–H groups in total. The first-order chi connectivity index (χ1) is 12.4. The first-order valence-electron chi connectivity index (χ1n) is 7.28. The molecule has 0 amide bonds. The fourth-order valence-corrected chi connectivity index (χ4v) is 2.76. The molecule has 2 aromatic carbocycles. The average Bonchev–Trinajstić information content (AvgIpc) is 3.09. The molecular formula is C16H12N4O5S. The van der Waals surface area contributed by atoms with E-state index in [0.29, 0.717) is 22.5 Å². The van der Waals surface area contributed by atoms with E-state index in [-0.39, 0.29) is 22.3 Å². The number of benzene rings is 2. The van der Waals surface area contributed by atoms with Crippen LogP contribution in [0.2, 0.25) is 0 Å². The van der Waals surface area contributed by atoms with E-state index < -0.39 is 10.9 Å². The molecule has 0 aliphatic rings. The van der Waals surface area contributed by atoms with Crippen LogP contribution < -0.4 is 0 Å². The van der Waals surface area contributed by atoms with Crippen LogP contribution in [0.3, 0.4) is 0 Å². The zero-order valence-corrected chi connectivity index (χ0v) is 13.9. The molecule has 9 nitrogen and oxygen atoms in total. The third-order valence-electron chi connectivity index (χ3n) is 3.39. The molecule has 0 fully saturated rings. The highest BCUT2D eigenvalue weighted by Gasteiger charge is 2.15. The van der Waals surface area contributed by atoms with Gasteiger partial charge in [0.1, 0.15) is 5.75 Å². The number of aromatic nitrogens is 3. The quantitative estimate of drug-likeness (QED) is 0.340. The van der Waals surface area contributed by atoms with Crippen molar-refractivity contribution >= 4 is 23.4 Å². The van der Waals surface area contributed by atoms with Crippen LogP contribution in [-0.2, 0) is 4.79 Å². The molecule has 0 atom stereocenters. The summed E-state index contributed by atoms with van der Waals surface area (Å²) in [5.74, 6) is -0.798. The van der Waals surface area contributed by atoms with Crippen molar-refractivity contribution < 1.29 is 19.9 Å². The topological polar surface area (TPSA) is 142 Å². The van der Waals surface area contributed by atoms with Crippen molar-refractivity contribution in [3.63, 3.8) is 0 Å². The number of aromatic hydroxyl groups is 1. The third kappa shape index (κ3) is 3.98. The van der Waals surface area contributed by atoms with Crippen molar-refractivity contribution in [3.8, 4) is 28.3 Å². The van der Waals surface area contributed by atoms with Gasteiger partial charge >= 0.3 is 5.97 Å². The van der Waals surface area contributed by atoms with E-state index in [4.69, 9.17) is 5.11 Å². The molecule has 0 spiro atoms. The van der Waals surface area contributed by atoms with Crippen molar-refractivity contribution in [3.05, 3.63) is 52.6 Å². The van der Waals surface area contributed by atoms with Crippen molar-refractivity contribution in [2.75, 3.05) is 5.75 Å². The molecule has 0 aliphatic heterocycles. The van der Waals surface area contributed by atoms with Gasteiger partial charge in [-0.25, -0.2) is 4.98 Å². The molecular weight excluding hydrogens is 360 g/mol. The van der Waals surface area contributed by atoms with E-state index in [2.05, 4.69) is 15.2 Å². The number of nitro groups is 1. The lowest BCUT2D eigenvalue weighted by atomic mass is 10.0. The Morgan fingerprint density at radius 1 is 1.15 bits per heavy atom. The van der Waals surface area contributed by atoms with E-state index in [0.717, 1.165) is 11.8 Å². The number of rotatable bonds is 6. The number of carboxylic acid groups (broad SMARTS) is 1. The normalized spacial score (nSPS) is 10.6. The lowest BCUT2D eigenvalue weighted by molar-refractivity contribution is -0.384. The van der Waals surface area contributed by atoms with Crippen LogP contribution in [0.5, 0.6) is 5.75 Å². The van der Waals surface area contributed by atoms with E-state index in [1.807, 2.05) is 0 Å². The number of nitrogens with zero attached hydrogens (tertiary/aromatic N) is 3. The molecule has 0 aliphatic carbocycles. The predicted octanol–water partition coefficient (Wildman–Crippen LogP) is 2.93. The highest BCUT2D eigenvalue weighted by molar-refractivity contribution is 7.99. The molecule has 1 heterocycles. The van der Waals surface area contributed by atoms with Crippen LogP contribution in [0.4, 0.5) is 5.69 Å². The van der Waals surface area contributed by atoms with Crippen molar-refractivity contribution in [1.82, 2.24) is 15.2 Å². The fourth-order valence-electron chi connectivity index (χ4n) is 2.24. The summed E-state index contributed by atoms with van der Waals surface area (Å²) in [5.41, 5.74) is 1.58. The van der Waals surface area contributed by atoms with E-state index in [1.54, 1.807) is 18.2 Å². The summed E-state index contributed by atoms with van der Waals surface area (Å²) >= 11 is 0.942. The van der Waals surface area contributed by atoms with E-state index in [9.17, 15) is 20.0 Å². The molecule has 10 heteroatoms. The zero-order valence-electron chi connectivity index (χ0n) is 13.1. The molecule has 0 saturated carbocycles. The number of H-pyrrole nitrogens is 1. The molecule has 0 radical (unpaired) electrons. The summed E-state index contributed by atoms with van der Waals surface area (Å²) in [6.07, 6.45) is 0. The van der Waals surface area contributed by atoms with Crippen molar-refractivity contribution in [1.29, 1.82) is 0 Å². The largest absolute Gasteiger partial charge is 0.508 e. The minimum Gasteiger partial charge on any atom is -0.508 e. The number of phenols is 1. The second-order valence-electron chi connectivity index (χ2n) is 5.22. The second-order valence-corrected chi connectivity index (χ2v) is 6.16. The van der Waals surface area contributed by atoms with Gasteiger partial charge in [0.15, 0.2) is 5.82 Å². The minimum absolute atomic E-state index is 0.0923. The number of carbonyl (C=O) groups is 1. The molecule has 132 valence electrons. The maximum absolute atomic E-state index is 11.3. The van der Waals surface area contributed by atoms with Gasteiger partial charge in [-0.1, -0.05) is 23.9 Å². The summed E-state index contributed by atoms with van der Waals surface area (Å²) in [6.45, 7) is 0. The van der Waals surface area contributed by atoms with Gasteiger partial charge in [-0.05, 0) is 29.3 Å². The summed E-state index contributed by atoms with van der Waals surface area (Å²) in [4.78, 5) is 25.5. The van der Waals surface area contributed by atoms with Gasteiger partial charge < -0.3 is 10.2 Å². The Bertz CT molecular complexity index is 971. The van der Waals surface area contributed by atoms with Crippen molar-refractivity contribution in [2.45, 2.75) is 5.16 Å². The van der Waals surface area contributed by atoms with Crippen LogP contribution in [-0.4, -0.2) is 42.0 Å². The second kappa shape index (κ2) is 7.23. The number of hydrogen-bond donors (Lipinski definition) is 3. The number of aliphatic carboxylic acids is 1. The molecule has 0 saturated heterocycles. The molecule has 3 rings (SSSR count). The molecule has 1 aromatic heterocycles. The van der Waals surface area contributed by atoms with Crippen LogP contribution in [0, 0.1) is 10.1 Å².